The Labute approximate surface area is 168 Å². The molecule has 1 aromatic carbocycles. The summed E-state index contributed by atoms with van der Waals surface area (Å²) in [5, 5.41) is 0. The van der Waals surface area contributed by atoms with Crippen LogP contribution in [-0.2, 0) is 10.0 Å². The molecule has 1 heterocycles. The second-order valence-electron chi connectivity index (χ2n) is 6.03. The monoisotopic (exact) mass is 480 g/mol. The van der Waals surface area contributed by atoms with Gasteiger partial charge in [0, 0.05) is 32.7 Å². The Kier molecular flexibility index (Phi) is 9.15. The van der Waals surface area contributed by atoms with Crippen LogP contribution in [0, 0.1) is 5.92 Å². The summed E-state index contributed by atoms with van der Waals surface area (Å²) in [4.78, 5) is 6.88. The van der Waals surface area contributed by atoms with Gasteiger partial charge in [0.25, 0.3) is 0 Å². The fraction of sp³-hybridized carbons (Fsp3) is 0.588. The van der Waals surface area contributed by atoms with Crippen molar-refractivity contribution in [2.45, 2.75) is 31.6 Å². The van der Waals surface area contributed by atoms with Crippen molar-refractivity contribution in [2.75, 3.05) is 32.7 Å². The van der Waals surface area contributed by atoms with E-state index in [1.807, 2.05) is 11.0 Å². The van der Waals surface area contributed by atoms with E-state index in [0.717, 1.165) is 25.9 Å². The summed E-state index contributed by atoms with van der Waals surface area (Å²) in [6, 6.07) is 8.63. The number of hydrogen-bond donors (Lipinski definition) is 1. The van der Waals surface area contributed by atoms with Crippen LogP contribution in [-0.4, -0.2) is 56.3 Å². The van der Waals surface area contributed by atoms with Crippen molar-refractivity contribution in [3.63, 3.8) is 0 Å². The van der Waals surface area contributed by atoms with E-state index in [0.29, 0.717) is 36.4 Å². The molecule has 2 N–H and O–H groups in total. The van der Waals surface area contributed by atoms with Gasteiger partial charge in [0.05, 0.1) is 4.90 Å². The predicted molar refractivity (Wildman–Crippen MR) is 113 cm³/mol. The molecule has 1 saturated heterocycles. The summed E-state index contributed by atoms with van der Waals surface area (Å²) in [6.45, 7) is 7.56. The van der Waals surface area contributed by atoms with Gasteiger partial charge in [0.15, 0.2) is 5.96 Å². The lowest BCUT2D eigenvalue weighted by atomic mass is 9.98. The molecule has 142 valence electrons. The summed E-state index contributed by atoms with van der Waals surface area (Å²) < 4.78 is 26.8. The van der Waals surface area contributed by atoms with Crippen molar-refractivity contribution in [3.8, 4) is 0 Å². The minimum atomic E-state index is -3.37. The van der Waals surface area contributed by atoms with Gasteiger partial charge < -0.3 is 10.6 Å². The third-order valence-electron chi connectivity index (χ3n) is 4.55. The van der Waals surface area contributed by atoms with Gasteiger partial charge in [-0.05, 0) is 44.7 Å². The second-order valence-corrected chi connectivity index (χ2v) is 7.97. The molecule has 8 heteroatoms. The quantitative estimate of drug-likeness (QED) is 0.385. The number of hydrogen-bond acceptors (Lipinski definition) is 3. The van der Waals surface area contributed by atoms with Gasteiger partial charge in [0.1, 0.15) is 0 Å². The smallest absolute Gasteiger partial charge is 0.243 e. The number of guanidine groups is 1. The van der Waals surface area contributed by atoms with Gasteiger partial charge >= 0.3 is 0 Å². The molecular formula is C17H29IN4O2S. The number of sulfonamides is 1. The second kappa shape index (κ2) is 10.3. The Morgan fingerprint density at radius 2 is 1.76 bits per heavy atom. The van der Waals surface area contributed by atoms with E-state index in [1.165, 1.54) is 0 Å². The maximum absolute atomic E-state index is 12.6. The highest BCUT2D eigenvalue weighted by molar-refractivity contribution is 14.0. The molecule has 2 rings (SSSR count). The molecule has 1 aliphatic heterocycles. The van der Waals surface area contributed by atoms with Gasteiger partial charge in [-0.25, -0.2) is 8.42 Å². The summed E-state index contributed by atoms with van der Waals surface area (Å²) in [5.74, 6) is 0.973. The average Bonchev–Trinajstić information content (AvgIpc) is 2.62. The van der Waals surface area contributed by atoms with Crippen LogP contribution in [0.25, 0.3) is 0 Å². The zero-order chi connectivity index (χ0) is 17.6. The normalized spacial score (nSPS) is 17.1. The minimum absolute atomic E-state index is 0. The van der Waals surface area contributed by atoms with Crippen molar-refractivity contribution in [3.05, 3.63) is 30.3 Å². The zero-order valence-electron chi connectivity index (χ0n) is 15.0. The van der Waals surface area contributed by atoms with Gasteiger partial charge in [-0.3, -0.25) is 4.99 Å². The van der Waals surface area contributed by atoms with Crippen molar-refractivity contribution in [2.24, 2.45) is 16.6 Å². The molecule has 25 heavy (non-hydrogen) atoms. The van der Waals surface area contributed by atoms with E-state index < -0.39 is 10.0 Å². The van der Waals surface area contributed by atoms with Crippen molar-refractivity contribution < 1.29 is 8.42 Å². The number of nitrogens with two attached hydrogens (primary N) is 1. The number of piperidine rings is 1. The van der Waals surface area contributed by atoms with Gasteiger partial charge in [-0.2, -0.15) is 4.31 Å². The van der Waals surface area contributed by atoms with Crippen LogP contribution in [0.2, 0.25) is 0 Å². The third-order valence-corrected chi connectivity index (χ3v) is 6.47. The first-order chi connectivity index (χ1) is 11.5. The molecule has 0 saturated carbocycles. The number of nitrogens with zero attached hydrogens (tertiary/aromatic N) is 3. The lowest BCUT2D eigenvalue weighted by Crippen LogP contribution is -2.40. The van der Waals surface area contributed by atoms with Gasteiger partial charge in [-0.1, -0.05) is 18.2 Å². The Morgan fingerprint density at radius 1 is 1.20 bits per heavy atom. The Bertz CT molecular complexity index is 640. The lowest BCUT2D eigenvalue weighted by Gasteiger charge is -2.30. The van der Waals surface area contributed by atoms with Crippen molar-refractivity contribution in [1.82, 2.24) is 9.21 Å². The first kappa shape index (κ1) is 22.2. The Morgan fingerprint density at radius 3 is 2.28 bits per heavy atom. The molecule has 6 nitrogen and oxygen atoms in total. The van der Waals surface area contributed by atoms with Crippen LogP contribution in [0.15, 0.2) is 40.2 Å². The van der Waals surface area contributed by atoms with Crippen LogP contribution in [0.1, 0.15) is 26.7 Å². The summed E-state index contributed by atoms with van der Waals surface area (Å²) >= 11 is 0. The van der Waals surface area contributed by atoms with E-state index in [9.17, 15) is 8.42 Å². The molecule has 0 spiro atoms. The molecule has 0 aromatic heterocycles. The molecule has 0 unspecified atom stereocenters. The van der Waals surface area contributed by atoms with Crippen LogP contribution < -0.4 is 5.73 Å². The SMILES string of the molecule is CCN(CC)C(N)=NCC1CCN(S(=O)(=O)c2ccccc2)CC1.I. The number of halogens is 1. The highest BCUT2D eigenvalue weighted by atomic mass is 127. The fourth-order valence-corrected chi connectivity index (χ4v) is 4.43. The summed E-state index contributed by atoms with van der Waals surface area (Å²) in [5.41, 5.74) is 6.00. The number of aliphatic imine (C=N–C) groups is 1. The zero-order valence-corrected chi connectivity index (χ0v) is 18.1. The van der Waals surface area contributed by atoms with E-state index in [2.05, 4.69) is 18.8 Å². The predicted octanol–water partition coefficient (Wildman–Crippen LogP) is 2.36. The number of rotatable bonds is 6. The van der Waals surface area contributed by atoms with E-state index >= 15 is 0 Å². The first-order valence-corrected chi connectivity index (χ1v) is 10.0. The Balaban J connectivity index is 0.00000312. The van der Waals surface area contributed by atoms with Crippen LogP contribution in [0.4, 0.5) is 0 Å². The maximum Gasteiger partial charge on any atom is 0.243 e. The molecule has 0 radical (unpaired) electrons. The molecule has 0 aliphatic carbocycles. The topological polar surface area (TPSA) is 79.0 Å². The van der Waals surface area contributed by atoms with Crippen LogP contribution in [0.3, 0.4) is 0 Å². The minimum Gasteiger partial charge on any atom is -0.370 e. The average molecular weight is 480 g/mol. The molecule has 0 bridgehead atoms. The van der Waals surface area contributed by atoms with Gasteiger partial charge in [0.2, 0.25) is 10.0 Å². The van der Waals surface area contributed by atoms with Crippen molar-refractivity contribution >= 4 is 40.0 Å². The highest BCUT2D eigenvalue weighted by Gasteiger charge is 2.29. The summed E-state index contributed by atoms with van der Waals surface area (Å²) in [7, 11) is -3.37. The van der Waals surface area contributed by atoms with E-state index in [1.54, 1.807) is 28.6 Å². The maximum atomic E-state index is 12.6. The van der Waals surface area contributed by atoms with E-state index in [4.69, 9.17) is 5.73 Å². The van der Waals surface area contributed by atoms with E-state index in [-0.39, 0.29) is 24.0 Å². The van der Waals surface area contributed by atoms with Crippen molar-refractivity contribution in [1.29, 1.82) is 0 Å². The Hall–Kier alpha value is -0.870. The third kappa shape index (κ3) is 5.82. The van der Waals surface area contributed by atoms with Crippen LogP contribution in [0.5, 0.6) is 0 Å². The molecule has 0 atom stereocenters. The summed E-state index contributed by atoms with van der Waals surface area (Å²) in [6.07, 6.45) is 1.64. The molecule has 1 aliphatic rings. The lowest BCUT2D eigenvalue weighted by molar-refractivity contribution is 0.278. The highest BCUT2D eigenvalue weighted by Crippen LogP contribution is 2.23. The van der Waals surface area contributed by atoms with Gasteiger partial charge in [-0.15, -0.1) is 24.0 Å². The number of benzene rings is 1. The largest absolute Gasteiger partial charge is 0.370 e. The molecule has 1 aromatic rings. The van der Waals surface area contributed by atoms with Crippen LogP contribution >= 0.6 is 24.0 Å². The fourth-order valence-electron chi connectivity index (χ4n) is 2.94. The molecular weight excluding hydrogens is 451 g/mol. The molecule has 1 fully saturated rings. The molecule has 0 amide bonds. The first-order valence-electron chi connectivity index (χ1n) is 8.59. The standard InChI is InChI=1S/C17H28N4O2S.HI/c1-3-20(4-2)17(18)19-14-15-10-12-21(13-11-15)24(22,23)16-8-6-5-7-9-16;/h5-9,15H,3-4,10-14H2,1-2H3,(H2,18,19);1H.